The Morgan fingerprint density at radius 3 is 2.79 bits per heavy atom. The van der Waals surface area contributed by atoms with Gasteiger partial charge in [-0.25, -0.2) is 4.98 Å². The number of thiophene rings is 1. The van der Waals surface area contributed by atoms with Gasteiger partial charge in [0.05, 0.1) is 11.8 Å². The van der Waals surface area contributed by atoms with E-state index in [2.05, 4.69) is 4.98 Å². The lowest BCUT2D eigenvalue weighted by Crippen LogP contribution is -2.25. The summed E-state index contributed by atoms with van der Waals surface area (Å²) in [6.07, 6.45) is 1.97. The molecule has 19 heavy (non-hydrogen) atoms. The van der Waals surface area contributed by atoms with Gasteiger partial charge < -0.3 is 9.47 Å². The number of nitrogens with zero attached hydrogens (tertiary/aromatic N) is 2. The number of rotatable bonds is 7. The van der Waals surface area contributed by atoms with Crippen LogP contribution in [0.1, 0.15) is 20.3 Å². The van der Waals surface area contributed by atoms with Crippen molar-refractivity contribution in [2.75, 3.05) is 13.2 Å². The third kappa shape index (κ3) is 3.40. The zero-order valence-electron chi connectivity index (χ0n) is 11.2. The topological polar surface area (TPSA) is 53.4 Å². The Hall–Kier alpha value is -1.24. The van der Waals surface area contributed by atoms with Gasteiger partial charge in [-0.15, -0.1) is 11.3 Å². The summed E-state index contributed by atoms with van der Waals surface area (Å²) in [5.74, 6) is 0. The number of hydrogen-bond donors (Lipinski definition) is 0. The van der Waals surface area contributed by atoms with Gasteiger partial charge in [0, 0.05) is 26.2 Å². The van der Waals surface area contributed by atoms with Gasteiger partial charge in [-0.05, 0) is 25.3 Å². The molecule has 0 aliphatic rings. The minimum absolute atomic E-state index is 0.00625. The summed E-state index contributed by atoms with van der Waals surface area (Å²) >= 11 is 1.42. The lowest BCUT2D eigenvalue weighted by Gasteiger charge is -2.17. The Balaban J connectivity index is 2.08. The monoisotopic (exact) mass is 282 g/mol. The second kappa shape index (κ2) is 6.79. The molecular formula is C13H18N2O3S. The van der Waals surface area contributed by atoms with Crippen molar-refractivity contribution >= 4 is 21.6 Å². The van der Waals surface area contributed by atoms with Crippen LogP contribution in [0.3, 0.4) is 0 Å². The van der Waals surface area contributed by atoms with E-state index in [1.807, 2.05) is 25.3 Å². The molecule has 6 heteroatoms. The number of aryl methyl sites for hydroxylation is 1. The van der Waals surface area contributed by atoms with Gasteiger partial charge >= 0.3 is 0 Å². The van der Waals surface area contributed by atoms with E-state index in [0.717, 1.165) is 5.52 Å². The molecule has 0 unspecified atom stereocenters. The Morgan fingerprint density at radius 2 is 2.11 bits per heavy atom. The van der Waals surface area contributed by atoms with E-state index < -0.39 is 0 Å². The third-order valence-corrected chi connectivity index (χ3v) is 3.64. The molecule has 2 heterocycles. The van der Waals surface area contributed by atoms with Gasteiger partial charge in [-0.3, -0.25) is 9.36 Å². The molecule has 2 aromatic rings. The first-order chi connectivity index (χ1) is 9.26. The third-order valence-electron chi connectivity index (χ3n) is 2.75. The van der Waals surface area contributed by atoms with Crippen LogP contribution < -0.4 is 5.56 Å². The molecule has 0 aliphatic heterocycles. The van der Waals surface area contributed by atoms with Crippen molar-refractivity contribution in [3.05, 3.63) is 28.1 Å². The smallest absolute Gasteiger partial charge is 0.271 e. The summed E-state index contributed by atoms with van der Waals surface area (Å²) in [6.45, 7) is 5.60. The van der Waals surface area contributed by atoms with E-state index in [1.165, 1.54) is 11.3 Å². The van der Waals surface area contributed by atoms with Crippen molar-refractivity contribution in [2.24, 2.45) is 0 Å². The number of hydrogen-bond acceptors (Lipinski definition) is 5. The summed E-state index contributed by atoms with van der Waals surface area (Å²) < 4.78 is 13.2. The average Bonchev–Trinajstić information content (AvgIpc) is 2.87. The Kier molecular flexibility index (Phi) is 5.07. The fourth-order valence-corrected chi connectivity index (χ4v) is 2.66. The van der Waals surface area contributed by atoms with Gasteiger partial charge in [0.15, 0.2) is 6.29 Å². The van der Waals surface area contributed by atoms with Crippen molar-refractivity contribution in [3.8, 4) is 0 Å². The van der Waals surface area contributed by atoms with Crippen LogP contribution in [0.4, 0.5) is 0 Å². The van der Waals surface area contributed by atoms with Crippen LogP contribution in [0, 0.1) is 0 Å². The zero-order valence-corrected chi connectivity index (χ0v) is 12.0. The molecule has 104 valence electrons. The maximum absolute atomic E-state index is 12.2. The number of ether oxygens (including phenoxy) is 2. The Bertz CT molecular complexity index is 573. The average molecular weight is 282 g/mol. The highest BCUT2D eigenvalue weighted by Crippen LogP contribution is 2.13. The summed E-state index contributed by atoms with van der Waals surface area (Å²) in [7, 11) is 0. The predicted molar refractivity (Wildman–Crippen MR) is 75.5 cm³/mol. The van der Waals surface area contributed by atoms with Crippen LogP contribution in [0.5, 0.6) is 0 Å². The molecule has 0 bridgehead atoms. The molecule has 5 nitrogen and oxygen atoms in total. The normalized spacial score (nSPS) is 11.5. The van der Waals surface area contributed by atoms with E-state index in [1.54, 1.807) is 10.9 Å². The second-order valence-electron chi connectivity index (χ2n) is 4.01. The highest BCUT2D eigenvalue weighted by Gasteiger charge is 2.10. The van der Waals surface area contributed by atoms with Crippen LogP contribution in [0.2, 0.25) is 0 Å². The molecule has 0 aromatic carbocycles. The summed E-state index contributed by atoms with van der Waals surface area (Å²) in [5.41, 5.74) is 0.768. The van der Waals surface area contributed by atoms with E-state index >= 15 is 0 Å². The standard InChI is InChI=1S/C13H18N2O3S/c1-3-17-11(18-4-2)5-7-15-9-14-10-6-8-19-12(10)13(15)16/h6,8-9,11H,3-5,7H2,1-2H3. The van der Waals surface area contributed by atoms with Crippen molar-refractivity contribution < 1.29 is 9.47 Å². The van der Waals surface area contributed by atoms with Crippen molar-refractivity contribution in [1.82, 2.24) is 9.55 Å². The van der Waals surface area contributed by atoms with Gasteiger partial charge in [0.25, 0.3) is 5.56 Å². The first-order valence-electron chi connectivity index (χ1n) is 6.42. The van der Waals surface area contributed by atoms with Crippen LogP contribution in [-0.2, 0) is 16.0 Å². The zero-order chi connectivity index (χ0) is 13.7. The fourth-order valence-electron chi connectivity index (χ4n) is 1.87. The SMILES string of the molecule is CCOC(CCn1cnc2ccsc2c1=O)OCC. The highest BCUT2D eigenvalue weighted by atomic mass is 32.1. The molecule has 0 atom stereocenters. The second-order valence-corrected chi connectivity index (χ2v) is 4.92. The largest absolute Gasteiger partial charge is 0.353 e. The minimum atomic E-state index is -0.263. The molecule has 0 N–H and O–H groups in total. The van der Waals surface area contributed by atoms with Crippen LogP contribution in [0.15, 0.2) is 22.6 Å². The highest BCUT2D eigenvalue weighted by molar-refractivity contribution is 7.17. The number of aromatic nitrogens is 2. The Labute approximate surface area is 115 Å². The predicted octanol–water partition coefficient (Wildman–Crippen LogP) is 2.25. The molecule has 2 aromatic heterocycles. The van der Waals surface area contributed by atoms with Crippen molar-refractivity contribution in [3.63, 3.8) is 0 Å². The molecule has 0 radical (unpaired) electrons. The van der Waals surface area contributed by atoms with E-state index in [9.17, 15) is 4.79 Å². The summed E-state index contributed by atoms with van der Waals surface area (Å²) in [5, 5.41) is 1.88. The van der Waals surface area contributed by atoms with Gasteiger partial charge in [-0.2, -0.15) is 0 Å². The van der Waals surface area contributed by atoms with E-state index in [0.29, 0.717) is 30.9 Å². The lowest BCUT2D eigenvalue weighted by atomic mass is 10.4. The lowest BCUT2D eigenvalue weighted by molar-refractivity contribution is -0.141. The molecule has 0 aliphatic carbocycles. The van der Waals surface area contributed by atoms with Gasteiger partial charge in [0.2, 0.25) is 0 Å². The van der Waals surface area contributed by atoms with Gasteiger partial charge in [0.1, 0.15) is 4.70 Å². The molecule has 2 rings (SSSR count). The quantitative estimate of drug-likeness (QED) is 0.731. The first-order valence-corrected chi connectivity index (χ1v) is 7.30. The first kappa shape index (κ1) is 14.2. The molecule has 0 amide bonds. The van der Waals surface area contributed by atoms with Crippen molar-refractivity contribution in [2.45, 2.75) is 33.1 Å². The molecule has 0 fully saturated rings. The summed E-state index contributed by atoms with van der Waals surface area (Å²) in [6, 6.07) is 1.86. The molecule has 0 saturated carbocycles. The molecule has 0 spiro atoms. The van der Waals surface area contributed by atoms with Crippen molar-refractivity contribution in [1.29, 1.82) is 0 Å². The van der Waals surface area contributed by atoms with Crippen LogP contribution >= 0.6 is 11.3 Å². The van der Waals surface area contributed by atoms with Gasteiger partial charge in [-0.1, -0.05) is 0 Å². The van der Waals surface area contributed by atoms with Crippen LogP contribution in [0.25, 0.3) is 10.2 Å². The fraction of sp³-hybridized carbons (Fsp3) is 0.538. The minimum Gasteiger partial charge on any atom is -0.353 e. The molecular weight excluding hydrogens is 264 g/mol. The molecule has 0 saturated heterocycles. The van der Waals surface area contributed by atoms with Crippen LogP contribution in [-0.4, -0.2) is 29.1 Å². The maximum atomic E-state index is 12.2. The summed E-state index contributed by atoms with van der Waals surface area (Å²) in [4.78, 5) is 16.4. The van der Waals surface area contributed by atoms with E-state index in [-0.39, 0.29) is 11.8 Å². The maximum Gasteiger partial charge on any atom is 0.271 e. The van der Waals surface area contributed by atoms with E-state index in [4.69, 9.17) is 9.47 Å². The number of fused-ring (bicyclic) bond motifs is 1. The Morgan fingerprint density at radius 1 is 1.37 bits per heavy atom.